The molecule has 0 fully saturated rings. The average Bonchev–Trinajstić information content (AvgIpc) is 2.45. The molecule has 20 heavy (non-hydrogen) atoms. The van der Waals surface area contributed by atoms with Crippen LogP contribution in [0.4, 0.5) is 0 Å². The highest BCUT2D eigenvalue weighted by Gasteiger charge is 2.33. The predicted molar refractivity (Wildman–Crippen MR) is 75.1 cm³/mol. The lowest BCUT2D eigenvalue weighted by molar-refractivity contribution is -0.144. The van der Waals surface area contributed by atoms with E-state index < -0.39 is 12.0 Å². The van der Waals surface area contributed by atoms with Gasteiger partial charge in [-0.25, -0.2) is 4.79 Å². The van der Waals surface area contributed by atoms with E-state index in [4.69, 9.17) is 0 Å². The van der Waals surface area contributed by atoms with Crippen molar-refractivity contribution in [2.45, 2.75) is 38.4 Å². The fourth-order valence-electron chi connectivity index (χ4n) is 2.56. The van der Waals surface area contributed by atoms with E-state index in [9.17, 15) is 9.59 Å². The average molecular weight is 276 g/mol. The maximum absolute atomic E-state index is 12.4. The summed E-state index contributed by atoms with van der Waals surface area (Å²) >= 11 is 0. The molecule has 3 unspecified atom stereocenters. The fourth-order valence-corrected chi connectivity index (χ4v) is 2.56. The van der Waals surface area contributed by atoms with E-state index in [1.165, 1.54) is 7.11 Å². The number of carbonyl (C=O) groups is 2. The number of amides is 1. The van der Waals surface area contributed by atoms with Crippen molar-refractivity contribution in [1.82, 2.24) is 10.6 Å². The molecule has 0 saturated heterocycles. The number of methoxy groups -OCH3 is 1. The van der Waals surface area contributed by atoms with E-state index >= 15 is 0 Å². The summed E-state index contributed by atoms with van der Waals surface area (Å²) < 4.78 is 4.63. The molecule has 0 radical (unpaired) electrons. The zero-order valence-corrected chi connectivity index (χ0v) is 12.0. The molecule has 1 aliphatic rings. The second-order valence-electron chi connectivity index (χ2n) is 5.10. The third-order valence-corrected chi connectivity index (χ3v) is 3.70. The van der Waals surface area contributed by atoms with Gasteiger partial charge in [0.2, 0.25) is 5.91 Å². The van der Waals surface area contributed by atoms with Crippen molar-refractivity contribution in [1.29, 1.82) is 0 Å². The second kappa shape index (κ2) is 6.05. The van der Waals surface area contributed by atoms with Gasteiger partial charge < -0.3 is 15.4 Å². The molecule has 2 rings (SSSR count). The van der Waals surface area contributed by atoms with Crippen LogP contribution >= 0.6 is 0 Å². The maximum atomic E-state index is 12.4. The molecule has 1 aromatic rings. The van der Waals surface area contributed by atoms with Gasteiger partial charge in [0.05, 0.1) is 13.0 Å². The summed E-state index contributed by atoms with van der Waals surface area (Å²) in [4.78, 5) is 23.8. The van der Waals surface area contributed by atoms with Crippen LogP contribution in [0.25, 0.3) is 0 Å². The van der Waals surface area contributed by atoms with Gasteiger partial charge in [0, 0.05) is 12.6 Å². The van der Waals surface area contributed by atoms with Crippen LogP contribution in [0.15, 0.2) is 24.3 Å². The molecule has 0 saturated carbocycles. The first-order valence-corrected chi connectivity index (χ1v) is 6.74. The normalized spacial score (nSPS) is 22.6. The van der Waals surface area contributed by atoms with Crippen molar-refractivity contribution in [3.05, 3.63) is 35.4 Å². The minimum atomic E-state index is -0.645. The highest BCUT2D eigenvalue weighted by atomic mass is 16.5. The predicted octanol–water partition coefficient (Wildman–Crippen LogP) is 0.940. The van der Waals surface area contributed by atoms with Crippen LogP contribution in [0, 0.1) is 0 Å². The van der Waals surface area contributed by atoms with Crippen LogP contribution in [0.3, 0.4) is 0 Å². The molecule has 1 heterocycles. The molecular weight excluding hydrogens is 256 g/mol. The molecule has 5 heteroatoms. The zero-order chi connectivity index (χ0) is 14.7. The Hall–Kier alpha value is -1.88. The SMILES string of the molecule is COC(=O)C(C)NC(=O)C1c2ccccc2CNC1C. The number of benzene rings is 1. The van der Waals surface area contributed by atoms with Gasteiger partial charge in [-0.05, 0) is 25.0 Å². The molecule has 5 nitrogen and oxygen atoms in total. The van der Waals surface area contributed by atoms with Crippen LogP contribution in [0.5, 0.6) is 0 Å². The minimum Gasteiger partial charge on any atom is -0.467 e. The van der Waals surface area contributed by atoms with E-state index in [-0.39, 0.29) is 17.9 Å². The van der Waals surface area contributed by atoms with E-state index in [0.29, 0.717) is 0 Å². The van der Waals surface area contributed by atoms with Crippen LogP contribution < -0.4 is 10.6 Å². The summed E-state index contributed by atoms with van der Waals surface area (Å²) in [6, 6.07) is 7.25. The van der Waals surface area contributed by atoms with Crippen molar-refractivity contribution in [3.8, 4) is 0 Å². The van der Waals surface area contributed by atoms with Crippen LogP contribution in [0.2, 0.25) is 0 Å². The first-order chi connectivity index (χ1) is 9.54. The van der Waals surface area contributed by atoms with Crippen molar-refractivity contribution >= 4 is 11.9 Å². The summed E-state index contributed by atoms with van der Waals surface area (Å²) in [6.45, 7) is 4.35. The van der Waals surface area contributed by atoms with Gasteiger partial charge in [-0.15, -0.1) is 0 Å². The van der Waals surface area contributed by atoms with Gasteiger partial charge in [0.15, 0.2) is 0 Å². The van der Waals surface area contributed by atoms with E-state index in [0.717, 1.165) is 17.7 Å². The van der Waals surface area contributed by atoms with Crippen LogP contribution in [0.1, 0.15) is 30.9 Å². The Labute approximate surface area is 118 Å². The largest absolute Gasteiger partial charge is 0.467 e. The van der Waals surface area contributed by atoms with Gasteiger partial charge in [0.1, 0.15) is 6.04 Å². The number of rotatable bonds is 3. The molecule has 0 aromatic heterocycles. The third-order valence-electron chi connectivity index (χ3n) is 3.70. The van der Waals surface area contributed by atoms with Gasteiger partial charge in [-0.2, -0.15) is 0 Å². The van der Waals surface area contributed by atoms with Gasteiger partial charge in [-0.1, -0.05) is 24.3 Å². The molecular formula is C15H20N2O3. The van der Waals surface area contributed by atoms with Crippen LogP contribution in [-0.2, 0) is 20.9 Å². The summed E-state index contributed by atoms with van der Waals surface area (Å²) in [5.74, 6) is -0.898. The molecule has 1 aliphatic heterocycles. The molecule has 1 aromatic carbocycles. The maximum Gasteiger partial charge on any atom is 0.328 e. The number of esters is 1. The quantitative estimate of drug-likeness (QED) is 0.806. The Morgan fingerprint density at radius 1 is 1.40 bits per heavy atom. The number of carbonyl (C=O) groups excluding carboxylic acids is 2. The smallest absolute Gasteiger partial charge is 0.328 e. The van der Waals surface area contributed by atoms with Crippen molar-refractivity contribution in [2.75, 3.05) is 7.11 Å². The molecule has 1 amide bonds. The van der Waals surface area contributed by atoms with E-state index in [1.807, 2.05) is 31.2 Å². The lowest BCUT2D eigenvalue weighted by Crippen LogP contribution is -2.48. The first kappa shape index (κ1) is 14.5. The Balaban J connectivity index is 2.19. The van der Waals surface area contributed by atoms with E-state index in [1.54, 1.807) is 6.92 Å². The second-order valence-corrected chi connectivity index (χ2v) is 5.10. The van der Waals surface area contributed by atoms with E-state index in [2.05, 4.69) is 15.4 Å². The monoisotopic (exact) mass is 276 g/mol. The van der Waals surface area contributed by atoms with Crippen molar-refractivity contribution in [3.63, 3.8) is 0 Å². The molecule has 2 N–H and O–H groups in total. The summed E-state index contributed by atoms with van der Waals surface area (Å²) in [5, 5.41) is 6.03. The molecule has 0 spiro atoms. The standard InChI is InChI=1S/C15H20N2O3/c1-9-13(14(18)17-10(2)15(19)20-3)12-7-5-4-6-11(12)8-16-9/h4-7,9-10,13,16H,8H2,1-3H3,(H,17,18). The Bertz CT molecular complexity index is 516. The van der Waals surface area contributed by atoms with Gasteiger partial charge in [0.25, 0.3) is 0 Å². The lowest BCUT2D eigenvalue weighted by Gasteiger charge is -2.32. The van der Waals surface area contributed by atoms with Crippen LogP contribution in [-0.4, -0.2) is 31.1 Å². The number of hydrogen-bond donors (Lipinski definition) is 2. The third kappa shape index (κ3) is 2.82. The molecule has 0 aliphatic carbocycles. The van der Waals surface area contributed by atoms with Gasteiger partial charge >= 0.3 is 5.97 Å². The highest BCUT2D eigenvalue weighted by molar-refractivity contribution is 5.89. The molecule has 108 valence electrons. The van der Waals surface area contributed by atoms with Crippen molar-refractivity contribution < 1.29 is 14.3 Å². The Kier molecular flexibility index (Phi) is 4.39. The number of ether oxygens (including phenoxy) is 1. The molecule has 3 atom stereocenters. The Morgan fingerprint density at radius 3 is 2.80 bits per heavy atom. The Morgan fingerprint density at radius 2 is 2.10 bits per heavy atom. The minimum absolute atomic E-state index is 0.0229. The van der Waals surface area contributed by atoms with Gasteiger partial charge in [-0.3, -0.25) is 4.79 Å². The summed E-state index contributed by atoms with van der Waals surface area (Å²) in [5.41, 5.74) is 2.14. The number of nitrogens with one attached hydrogen (secondary N) is 2. The molecule has 0 bridgehead atoms. The number of fused-ring (bicyclic) bond motifs is 1. The van der Waals surface area contributed by atoms with Crippen molar-refractivity contribution in [2.24, 2.45) is 0 Å². The lowest BCUT2D eigenvalue weighted by atomic mass is 9.84. The summed E-state index contributed by atoms with van der Waals surface area (Å²) in [7, 11) is 1.31. The highest BCUT2D eigenvalue weighted by Crippen LogP contribution is 2.28. The topological polar surface area (TPSA) is 67.4 Å². The first-order valence-electron chi connectivity index (χ1n) is 6.74. The zero-order valence-electron chi connectivity index (χ0n) is 12.0. The summed E-state index contributed by atoms with van der Waals surface area (Å²) in [6.07, 6.45) is 0. The number of hydrogen-bond acceptors (Lipinski definition) is 4. The fraction of sp³-hybridized carbons (Fsp3) is 0.467.